The summed E-state index contributed by atoms with van der Waals surface area (Å²) in [6.07, 6.45) is 2.31. The summed E-state index contributed by atoms with van der Waals surface area (Å²) in [4.78, 5) is 16.6. The summed E-state index contributed by atoms with van der Waals surface area (Å²) in [6, 6.07) is 10.8. The molecule has 1 aliphatic heterocycles. The molecule has 0 radical (unpaired) electrons. The van der Waals surface area contributed by atoms with Crippen molar-refractivity contribution < 1.29 is 4.79 Å². The van der Waals surface area contributed by atoms with Crippen molar-refractivity contribution in [2.75, 3.05) is 39.3 Å². The molecule has 1 unspecified atom stereocenters. The van der Waals surface area contributed by atoms with Crippen LogP contribution in [0.2, 0.25) is 0 Å². The first-order chi connectivity index (χ1) is 11.6. The van der Waals surface area contributed by atoms with Gasteiger partial charge < -0.3 is 16.0 Å². The van der Waals surface area contributed by atoms with Gasteiger partial charge in [-0.1, -0.05) is 30.3 Å². The van der Waals surface area contributed by atoms with Crippen molar-refractivity contribution >= 4 is 5.91 Å². The maximum absolute atomic E-state index is 11.6. The highest BCUT2D eigenvalue weighted by Gasteiger charge is 2.16. The van der Waals surface area contributed by atoms with Crippen molar-refractivity contribution in [3.8, 4) is 0 Å². The second-order valence-electron chi connectivity index (χ2n) is 6.82. The average molecular weight is 332 g/mol. The van der Waals surface area contributed by atoms with Gasteiger partial charge in [-0.15, -0.1) is 0 Å². The Labute approximate surface area is 146 Å². The van der Waals surface area contributed by atoms with Gasteiger partial charge in [-0.3, -0.25) is 9.69 Å². The first-order valence-electron chi connectivity index (χ1n) is 9.14. The van der Waals surface area contributed by atoms with Crippen LogP contribution < -0.4 is 11.1 Å². The Morgan fingerprint density at radius 3 is 2.50 bits per heavy atom. The normalized spacial score (nSPS) is 17.6. The quantitative estimate of drug-likeness (QED) is 0.672. The molecule has 1 aromatic rings. The van der Waals surface area contributed by atoms with Crippen LogP contribution in [0.4, 0.5) is 0 Å². The van der Waals surface area contributed by atoms with Gasteiger partial charge in [0.05, 0.1) is 0 Å². The van der Waals surface area contributed by atoms with E-state index in [4.69, 9.17) is 5.73 Å². The maximum atomic E-state index is 11.6. The molecule has 134 valence electrons. The third kappa shape index (κ3) is 7.43. The molecule has 24 heavy (non-hydrogen) atoms. The van der Waals surface area contributed by atoms with E-state index < -0.39 is 0 Å². The molecule has 1 saturated heterocycles. The summed E-state index contributed by atoms with van der Waals surface area (Å²) >= 11 is 0. The van der Waals surface area contributed by atoms with E-state index in [0.717, 1.165) is 58.7 Å². The molecular formula is C19H32N4O. The highest BCUT2D eigenvalue weighted by Crippen LogP contribution is 2.08. The Hall–Kier alpha value is -1.43. The molecule has 5 heteroatoms. The van der Waals surface area contributed by atoms with Gasteiger partial charge in [-0.2, -0.15) is 0 Å². The van der Waals surface area contributed by atoms with E-state index in [1.807, 2.05) is 6.92 Å². The summed E-state index contributed by atoms with van der Waals surface area (Å²) in [7, 11) is 0. The van der Waals surface area contributed by atoms with Crippen LogP contribution >= 0.6 is 0 Å². The number of carbonyl (C=O) groups excluding carboxylic acids is 1. The Kier molecular flexibility index (Phi) is 8.22. The summed E-state index contributed by atoms with van der Waals surface area (Å²) in [5.74, 6) is 0.125. The number of piperazine rings is 1. The highest BCUT2D eigenvalue weighted by molar-refractivity contribution is 5.75. The van der Waals surface area contributed by atoms with Gasteiger partial charge >= 0.3 is 0 Å². The Morgan fingerprint density at radius 1 is 1.17 bits per heavy atom. The number of rotatable bonds is 9. The van der Waals surface area contributed by atoms with Crippen molar-refractivity contribution in [2.24, 2.45) is 5.73 Å². The molecule has 0 bridgehead atoms. The van der Waals surface area contributed by atoms with Crippen molar-refractivity contribution in [1.29, 1.82) is 0 Å². The lowest BCUT2D eigenvalue weighted by atomic mass is 10.2. The smallest absolute Gasteiger partial charge is 0.220 e. The van der Waals surface area contributed by atoms with Crippen molar-refractivity contribution in [1.82, 2.24) is 15.1 Å². The third-order valence-electron chi connectivity index (χ3n) is 4.51. The van der Waals surface area contributed by atoms with E-state index in [-0.39, 0.29) is 11.9 Å². The number of carbonyl (C=O) groups is 1. The molecule has 2 rings (SSSR count). The molecule has 1 aliphatic rings. The number of nitrogens with two attached hydrogens (primary N) is 1. The molecule has 0 saturated carbocycles. The summed E-state index contributed by atoms with van der Waals surface area (Å²) in [5.41, 5.74) is 7.05. The van der Waals surface area contributed by atoms with E-state index in [9.17, 15) is 4.79 Å². The molecule has 0 spiro atoms. The van der Waals surface area contributed by atoms with E-state index in [0.29, 0.717) is 6.42 Å². The molecule has 1 aromatic carbocycles. The van der Waals surface area contributed by atoms with E-state index in [1.54, 1.807) is 0 Å². The van der Waals surface area contributed by atoms with Crippen LogP contribution in [0.5, 0.6) is 0 Å². The van der Waals surface area contributed by atoms with Crippen molar-refractivity contribution in [3.63, 3.8) is 0 Å². The summed E-state index contributed by atoms with van der Waals surface area (Å²) < 4.78 is 0. The molecule has 1 fully saturated rings. The maximum Gasteiger partial charge on any atom is 0.220 e. The van der Waals surface area contributed by atoms with Crippen LogP contribution in [0.15, 0.2) is 30.3 Å². The predicted octanol–water partition coefficient (Wildman–Crippen LogP) is 1.44. The lowest BCUT2D eigenvalue weighted by Crippen LogP contribution is -2.46. The molecule has 5 nitrogen and oxygen atoms in total. The van der Waals surface area contributed by atoms with Crippen molar-refractivity contribution in [2.45, 2.75) is 38.8 Å². The first-order valence-corrected chi connectivity index (χ1v) is 9.14. The van der Waals surface area contributed by atoms with Crippen LogP contribution in [0.3, 0.4) is 0 Å². The van der Waals surface area contributed by atoms with E-state index in [1.165, 1.54) is 5.56 Å². The second kappa shape index (κ2) is 10.4. The molecule has 0 aromatic heterocycles. The number of nitrogens with zero attached hydrogens (tertiary/aromatic N) is 2. The third-order valence-corrected chi connectivity index (χ3v) is 4.51. The number of amides is 1. The Morgan fingerprint density at radius 2 is 1.83 bits per heavy atom. The number of benzene rings is 1. The molecule has 1 heterocycles. The lowest BCUT2D eigenvalue weighted by molar-refractivity contribution is -0.121. The number of nitrogens with one attached hydrogen (secondary N) is 1. The average Bonchev–Trinajstić information content (AvgIpc) is 2.59. The van der Waals surface area contributed by atoms with Crippen molar-refractivity contribution in [3.05, 3.63) is 35.9 Å². The van der Waals surface area contributed by atoms with Gasteiger partial charge in [0, 0.05) is 51.7 Å². The van der Waals surface area contributed by atoms with Crippen LogP contribution in [0.1, 0.15) is 31.7 Å². The standard InChI is InChI=1S/C19H32N4O/c1-17(20)8-9-19(24)21-10-5-11-22-12-14-23(15-13-22)16-18-6-3-2-4-7-18/h2-4,6-7,17H,5,8-16,20H2,1H3,(H,21,24). The fourth-order valence-electron chi connectivity index (χ4n) is 2.99. The van der Waals surface area contributed by atoms with Gasteiger partial charge in [0.1, 0.15) is 0 Å². The topological polar surface area (TPSA) is 61.6 Å². The monoisotopic (exact) mass is 332 g/mol. The van der Waals surface area contributed by atoms with Gasteiger partial charge in [-0.05, 0) is 31.9 Å². The van der Waals surface area contributed by atoms with Crippen LogP contribution in [0.25, 0.3) is 0 Å². The highest BCUT2D eigenvalue weighted by atomic mass is 16.1. The summed E-state index contributed by atoms with van der Waals surface area (Å²) in [5, 5.41) is 2.99. The minimum atomic E-state index is 0.0999. The zero-order valence-corrected chi connectivity index (χ0v) is 14.9. The predicted molar refractivity (Wildman–Crippen MR) is 98.7 cm³/mol. The summed E-state index contributed by atoms with van der Waals surface area (Å²) in [6.45, 7) is 9.28. The minimum absolute atomic E-state index is 0.0999. The first kappa shape index (κ1) is 18.9. The molecule has 0 aliphatic carbocycles. The molecular weight excluding hydrogens is 300 g/mol. The SMILES string of the molecule is CC(N)CCC(=O)NCCCN1CCN(Cc2ccccc2)CC1. The molecule has 1 atom stereocenters. The lowest BCUT2D eigenvalue weighted by Gasteiger charge is -2.34. The minimum Gasteiger partial charge on any atom is -0.356 e. The number of hydrogen-bond donors (Lipinski definition) is 2. The Bertz CT molecular complexity index is 470. The van der Waals surface area contributed by atoms with Crippen LogP contribution in [0, 0.1) is 0 Å². The van der Waals surface area contributed by atoms with E-state index in [2.05, 4.69) is 45.4 Å². The van der Waals surface area contributed by atoms with Gasteiger partial charge in [0.2, 0.25) is 5.91 Å². The zero-order chi connectivity index (χ0) is 17.2. The van der Waals surface area contributed by atoms with Crippen LogP contribution in [-0.2, 0) is 11.3 Å². The van der Waals surface area contributed by atoms with E-state index >= 15 is 0 Å². The largest absolute Gasteiger partial charge is 0.356 e. The van der Waals surface area contributed by atoms with Gasteiger partial charge in [0.25, 0.3) is 0 Å². The number of hydrogen-bond acceptors (Lipinski definition) is 4. The zero-order valence-electron chi connectivity index (χ0n) is 14.9. The molecule has 3 N–H and O–H groups in total. The fraction of sp³-hybridized carbons (Fsp3) is 0.632. The second-order valence-corrected chi connectivity index (χ2v) is 6.82. The van der Waals surface area contributed by atoms with Gasteiger partial charge in [0.15, 0.2) is 0 Å². The van der Waals surface area contributed by atoms with Gasteiger partial charge in [-0.25, -0.2) is 0 Å². The fourth-order valence-corrected chi connectivity index (χ4v) is 2.99. The molecule has 1 amide bonds. The Balaban J connectivity index is 1.53. The van der Waals surface area contributed by atoms with Crippen LogP contribution in [-0.4, -0.2) is 61.0 Å².